The molecule has 4 N–H and O–H groups in total. The van der Waals surface area contributed by atoms with E-state index in [9.17, 15) is 18.3 Å². The number of nitrogens with two attached hydrogens (primary N) is 1. The normalized spacial score (nSPS) is 16.0. The third kappa shape index (κ3) is 7.84. The number of alkyl halides is 3. The molecule has 0 aromatic carbocycles. The molecule has 0 saturated heterocycles. The van der Waals surface area contributed by atoms with Gasteiger partial charge >= 0.3 is 6.18 Å². The molecule has 0 radical (unpaired) electrons. The van der Waals surface area contributed by atoms with E-state index < -0.39 is 24.0 Å². The maximum Gasteiger partial charge on any atom is 0.424 e. The zero-order valence-corrected chi connectivity index (χ0v) is 18.6. The molecule has 1 rings (SSSR count). The lowest BCUT2D eigenvalue weighted by atomic mass is 9.98. The molecule has 6 nitrogen and oxygen atoms in total. The Labute approximate surface area is 175 Å². The lowest BCUT2D eigenvalue weighted by Crippen LogP contribution is -2.45. The topological polar surface area (TPSA) is 88.5 Å². The van der Waals surface area contributed by atoms with Crippen LogP contribution in [0.5, 0.6) is 0 Å². The molecule has 27 heavy (non-hydrogen) atoms. The molecule has 0 fully saturated rings. The SMILES string of the molecule is CC(C)CCCC(C)NC(N)=NCCC(O)(c1nccn1C)C(F)(F)F.I. The number of aryl methyl sites for hydroxylation is 1. The Bertz CT molecular complexity index is 591. The van der Waals surface area contributed by atoms with E-state index in [1.807, 2.05) is 6.92 Å². The number of aliphatic hydroxyl groups is 1. The van der Waals surface area contributed by atoms with Crippen LogP contribution in [0.15, 0.2) is 17.4 Å². The predicted molar refractivity (Wildman–Crippen MR) is 111 cm³/mol. The average Bonchev–Trinajstić information content (AvgIpc) is 2.91. The van der Waals surface area contributed by atoms with Gasteiger partial charge in [0.05, 0.1) is 0 Å². The molecule has 2 atom stereocenters. The van der Waals surface area contributed by atoms with Crippen molar-refractivity contribution in [2.45, 2.75) is 64.3 Å². The first-order chi connectivity index (χ1) is 12.0. The fourth-order valence-corrected chi connectivity index (χ4v) is 2.69. The monoisotopic (exact) mass is 505 g/mol. The van der Waals surface area contributed by atoms with Gasteiger partial charge in [0.2, 0.25) is 5.60 Å². The van der Waals surface area contributed by atoms with Crippen LogP contribution in [-0.2, 0) is 12.6 Å². The van der Waals surface area contributed by atoms with Crippen molar-refractivity contribution in [3.05, 3.63) is 18.2 Å². The van der Waals surface area contributed by atoms with E-state index in [2.05, 4.69) is 29.1 Å². The molecule has 158 valence electrons. The largest absolute Gasteiger partial charge is 0.424 e. The summed E-state index contributed by atoms with van der Waals surface area (Å²) in [6.45, 7) is 5.97. The van der Waals surface area contributed by atoms with Crippen LogP contribution in [0.4, 0.5) is 13.2 Å². The summed E-state index contributed by atoms with van der Waals surface area (Å²) in [5.74, 6) is 0.236. The molecular formula is C17H31F3IN5O. The molecule has 0 aliphatic rings. The van der Waals surface area contributed by atoms with Crippen LogP contribution < -0.4 is 11.1 Å². The van der Waals surface area contributed by atoms with E-state index in [4.69, 9.17) is 5.73 Å². The minimum atomic E-state index is -4.87. The van der Waals surface area contributed by atoms with Gasteiger partial charge in [-0.05, 0) is 19.3 Å². The molecule has 1 aromatic heterocycles. The first-order valence-electron chi connectivity index (χ1n) is 8.80. The lowest BCUT2D eigenvalue weighted by Gasteiger charge is -2.29. The second-order valence-electron chi connectivity index (χ2n) is 7.11. The number of nitrogens with zero attached hydrogens (tertiary/aromatic N) is 3. The number of guanidine groups is 1. The number of halogens is 4. The minimum Gasteiger partial charge on any atom is -0.374 e. The summed E-state index contributed by atoms with van der Waals surface area (Å²) in [5.41, 5.74) is 2.68. The number of imidazole rings is 1. The Morgan fingerprint density at radius 2 is 1.96 bits per heavy atom. The van der Waals surface area contributed by atoms with Crippen molar-refractivity contribution in [3.8, 4) is 0 Å². The molecule has 2 unspecified atom stereocenters. The zero-order chi connectivity index (χ0) is 20.0. The van der Waals surface area contributed by atoms with Gasteiger partial charge in [-0.1, -0.05) is 26.7 Å². The van der Waals surface area contributed by atoms with Gasteiger partial charge in [-0.15, -0.1) is 24.0 Å². The Balaban J connectivity index is 0.00000676. The number of nitrogens with one attached hydrogen (secondary N) is 1. The number of hydrogen-bond acceptors (Lipinski definition) is 3. The molecule has 0 aliphatic carbocycles. The van der Waals surface area contributed by atoms with Crippen LogP contribution in [0.25, 0.3) is 0 Å². The maximum atomic E-state index is 13.4. The summed E-state index contributed by atoms with van der Waals surface area (Å²) < 4.78 is 41.3. The first kappa shape index (κ1) is 26.0. The summed E-state index contributed by atoms with van der Waals surface area (Å²) in [6.07, 6.45) is 0.0686. The number of rotatable bonds is 9. The van der Waals surface area contributed by atoms with E-state index in [0.717, 1.165) is 23.8 Å². The van der Waals surface area contributed by atoms with E-state index in [0.29, 0.717) is 5.92 Å². The van der Waals surface area contributed by atoms with Gasteiger partial charge in [-0.25, -0.2) is 4.98 Å². The van der Waals surface area contributed by atoms with E-state index in [-0.39, 0.29) is 42.5 Å². The second-order valence-corrected chi connectivity index (χ2v) is 7.11. The van der Waals surface area contributed by atoms with Crippen LogP contribution in [-0.4, -0.2) is 39.4 Å². The van der Waals surface area contributed by atoms with Crippen LogP contribution in [0.2, 0.25) is 0 Å². The number of hydrogen-bond donors (Lipinski definition) is 3. The zero-order valence-electron chi connectivity index (χ0n) is 16.3. The highest BCUT2D eigenvalue weighted by atomic mass is 127. The van der Waals surface area contributed by atoms with Gasteiger partial charge in [0.1, 0.15) is 5.82 Å². The maximum absolute atomic E-state index is 13.4. The van der Waals surface area contributed by atoms with Gasteiger partial charge in [0, 0.05) is 38.4 Å². The van der Waals surface area contributed by atoms with E-state index >= 15 is 0 Å². The molecule has 10 heteroatoms. The van der Waals surface area contributed by atoms with Crippen LogP contribution >= 0.6 is 24.0 Å². The highest BCUT2D eigenvalue weighted by Crippen LogP contribution is 2.40. The van der Waals surface area contributed by atoms with Crippen molar-refractivity contribution in [1.29, 1.82) is 0 Å². The first-order valence-corrected chi connectivity index (χ1v) is 8.80. The van der Waals surface area contributed by atoms with Crippen LogP contribution in [0.1, 0.15) is 52.3 Å². The lowest BCUT2D eigenvalue weighted by molar-refractivity contribution is -0.272. The molecule has 1 heterocycles. The molecule has 0 aliphatic heterocycles. The molecule has 0 spiro atoms. The summed E-state index contributed by atoms with van der Waals surface area (Å²) in [5, 5.41) is 13.2. The van der Waals surface area contributed by atoms with Crippen LogP contribution in [0.3, 0.4) is 0 Å². The fraction of sp³-hybridized carbons (Fsp3) is 0.765. The number of aliphatic imine (C=N–C) groups is 1. The Morgan fingerprint density at radius 1 is 1.33 bits per heavy atom. The van der Waals surface area contributed by atoms with Crippen molar-refractivity contribution in [1.82, 2.24) is 14.9 Å². The quantitative estimate of drug-likeness (QED) is 0.273. The third-order valence-electron chi connectivity index (χ3n) is 4.23. The Morgan fingerprint density at radius 3 is 2.44 bits per heavy atom. The minimum absolute atomic E-state index is 0. The average molecular weight is 505 g/mol. The summed E-state index contributed by atoms with van der Waals surface area (Å²) in [6, 6.07) is 0.0774. The van der Waals surface area contributed by atoms with Gasteiger partial charge < -0.3 is 20.7 Å². The summed E-state index contributed by atoms with van der Waals surface area (Å²) in [7, 11) is 1.40. The second kappa shape index (κ2) is 11.1. The van der Waals surface area contributed by atoms with Crippen molar-refractivity contribution in [2.24, 2.45) is 23.7 Å². The predicted octanol–water partition coefficient (Wildman–Crippen LogP) is 3.30. The van der Waals surface area contributed by atoms with Crippen LogP contribution in [0, 0.1) is 5.92 Å². The Kier molecular flexibility index (Phi) is 10.7. The Hall–Kier alpha value is -1.04. The third-order valence-corrected chi connectivity index (χ3v) is 4.23. The number of aromatic nitrogens is 2. The highest BCUT2D eigenvalue weighted by Gasteiger charge is 2.57. The summed E-state index contributed by atoms with van der Waals surface area (Å²) >= 11 is 0. The molecule has 0 amide bonds. The molecule has 0 bridgehead atoms. The summed E-state index contributed by atoms with van der Waals surface area (Å²) in [4.78, 5) is 7.58. The van der Waals surface area contributed by atoms with Gasteiger partial charge in [-0.3, -0.25) is 4.99 Å². The fourth-order valence-electron chi connectivity index (χ4n) is 2.69. The highest BCUT2D eigenvalue weighted by molar-refractivity contribution is 14.0. The van der Waals surface area contributed by atoms with Crippen molar-refractivity contribution in [2.75, 3.05) is 6.54 Å². The van der Waals surface area contributed by atoms with Crippen molar-refractivity contribution in [3.63, 3.8) is 0 Å². The van der Waals surface area contributed by atoms with Crippen molar-refractivity contribution >= 4 is 29.9 Å². The van der Waals surface area contributed by atoms with Gasteiger partial charge in [0.25, 0.3) is 0 Å². The molecular weight excluding hydrogens is 474 g/mol. The van der Waals surface area contributed by atoms with Gasteiger partial charge in [-0.2, -0.15) is 13.2 Å². The smallest absolute Gasteiger partial charge is 0.374 e. The molecule has 0 saturated carbocycles. The van der Waals surface area contributed by atoms with Gasteiger partial charge in [0.15, 0.2) is 5.96 Å². The van der Waals surface area contributed by atoms with Crippen molar-refractivity contribution < 1.29 is 18.3 Å². The van der Waals surface area contributed by atoms with E-state index in [1.54, 1.807) is 0 Å². The molecule has 1 aromatic rings. The van der Waals surface area contributed by atoms with E-state index in [1.165, 1.54) is 19.4 Å². The standard InChI is InChI=1S/C17H30F3N5O.HI/c1-12(2)6-5-7-13(3)24-15(21)23-9-8-16(26,17(18,19)20)14-22-10-11-25(14)4;/h10-13,26H,5-9H2,1-4H3,(H3,21,23,24);1H.